The molecule has 0 radical (unpaired) electrons. The van der Waals surface area contributed by atoms with E-state index in [0.717, 1.165) is 18.6 Å². The first-order valence-corrected chi connectivity index (χ1v) is 12.4. The zero-order valence-electron chi connectivity index (χ0n) is 19.9. The summed E-state index contributed by atoms with van der Waals surface area (Å²) in [4.78, 5) is 21.8. The molecule has 0 unspecified atom stereocenters. The van der Waals surface area contributed by atoms with E-state index >= 15 is 0 Å². The number of nitrogens with one attached hydrogen (secondary N) is 2. The summed E-state index contributed by atoms with van der Waals surface area (Å²) in [6, 6.07) is 13.7. The summed E-state index contributed by atoms with van der Waals surface area (Å²) in [5.41, 5.74) is 2.12. The van der Waals surface area contributed by atoms with E-state index in [0.29, 0.717) is 23.7 Å². The molecular weight excluding hydrogens is 504 g/mol. The number of hydrazone groups is 1. The number of ether oxygens (including phenoxy) is 2. The Balaban J connectivity index is 1.82. The topological polar surface area (TPSA) is 169 Å². The van der Waals surface area contributed by atoms with Gasteiger partial charge in [-0.2, -0.15) is 5.10 Å². The number of aromatic carboxylic acids is 1. The van der Waals surface area contributed by atoms with E-state index < -0.39 is 31.5 Å². The average molecular weight is 529 g/mol. The summed E-state index contributed by atoms with van der Waals surface area (Å²) < 4.78 is 38.7. The molecule has 0 aliphatic heterocycles. The maximum Gasteiger partial charge on any atom is 0.337 e. The molecule has 12 nitrogen and oxygen atoms in total. The monoisotopic (exact) mass is 528 g/mol. The Morgan fingerprint density at radius 1 is 1.11 bits per heavy atom. The second kappa shape index (κ2) is 11.9. The predicted molar refractivity (Wildman–Crippen MR) is 137 cm³/mol. The Hall–Kier alpha value is -4.65. The molecule has 0 saturated heterocycles. The molecule has 3 rings (SSSR count). The highest BCUT2D eigenvalue weighted by Gasteiger charge is 2.23. The molecule has 194 valence electrons. The lowest BCUT2D eigenvalue weighted by molar-refractivity contribution is -0.384. The smallest absolute Gasteiger partial charge is 0.337 e. The van der Waals surface area contributed by atoms with Gasteiger partial charge in [0.15, 0.2) is 11.5 Å². The summed E-state index contributed by atoms with van der Waals surface area (Å²) in [7, 11) is -2.83. The van der Waals surface area contributed by atoms with Crippen LogP contribution < -0.4 is 19.6 Å². The number of anilines is 2. The van der Waals surface area contributed by atoms with Crippen molar-refractivity contribution in [3.63, 3.8) is 0 Å². The number of nitrogens with zero attached hydrogens (tertiary/aromatic N) is 2. The molecule has 3 N–H and O–H groups in total. The molecule has 0 atom stereocenters. The van der Waals surface area contributed by atoms with E-state index in [2.05, 4.69) is 15.2 Å². The van der Waals surface area contributed by atoms with Gasteiger partial charge in [-0.1, -0.05) is 19.1 Å². The van der Waals surface area contributed by atoms with Crippen molar-refractivity contribution in [2.24, 2.45) is 5.10 Å². The maximum atomic E-state index is 12.8. The van der Waals surface area contributed by atoms with Gasteiger partial charge >= 0.3 is 5.97 Å². The molecule has 0 spiro atoms. The Morgan fingerprint density at radius 2 is 1.86 bits per heavy atom. The first-order chi connectivity index (χ1) is 17.7. The summed E-state index contributed by atoms with van der Waals surface area (Å²) in [5, 5.41) is 24.9. The third kappa shape index (κ3) is 6.73. The first-order valence-electron chi connectivity index (χ1n) is 10.9. The van der Waals surface area contributed by atoms with Crippen molar-refractivity contribution in [1.29, 1.82) is 0 Å². The van der Waals surface area contributed by atoms with Crippen LogP contribution in [-0.2, 0) is 10.0 Å². The lowest BCUT2D eigenvalue weighted by Gasteiger charge is -2.11. The van der Waals surface area contributed by atoms with E-state index in [1.807, 2.05) is 6.92 Å². The van der Waals surface area contributed by atoms with E-state index in [1.165, 1.54) is 43.7 Å². The molecule has 0 aliphatic carbocycles. The number of sulfonamides is 1. The van der Waals surface area contributed by atoms with Crippen molar-refractivity contribution in [2.75, 3.05) is 23.9 Å². The van der Waals surface area contributed by atoms with E-state index in [-0.39, 0.29) is 16.9 Å². The quantitative estimate of drug-likeness (QED) is 0.176. The van der Waals surface area contributed by atoms with Gasteiger partial charge in [-0.25, -0.2) is 13.2 Å². The van der Waals surface area contributed by atoms with Gasteiger partial charge < -0.3 is 14.6 Å². The minimum Gasteiger partial charge on any atom is -0.493 e. The number of carboxylic acid groups (broad SMARTS) is 1. The van der Waals surface area contributed by atoms with E-state index in [9.17, 15) is 28.4 Å². The predicted octanol–water partition coefficient (Wildman–Crippen LogP) is 4.34. The van der Waals surface area contributed by atoms with Crippen LogP contribution in [0.4, 0.5) is 17.1 Å². The normalized spacial score (nSPS) is 11.2. The van der Waals surface area contributed by atoms with Gasteiger partial charge in [0.2, 0.25) is 0 Å². The van der Waals surface area contributed by atoms with Crippen LogP contribution in [0.15, 0.2) is 70.7 Å². The molecular formula is C24H24N4O8S. The molecule has 0 heterocycles. The molecule has 0 bridgehead atoms. The average Bonchev–Trinajstić information content (AvgIpc) is 2.87. The van der Waals surface area contributed by atoms with Crippen molar-refractivity contribution in [1.82, 2.24) is 0 Å². The third-order valence-corrected chi connectivity index (χ3v) is 6.29. The minimum atomic E-state index is -4.33. The molecule has 3 aromatic rings. The fourth-order valence-electron chi connectivity index (χ4n) is 3.16. The molecule has 13 heteroatoms. The Bertz CT molecular complexity index is 1440. The largest absolute Gasteiger partial charge is 0.493 e. The van der Waals surface area contributed by atoms with Gasteiger partial charge in [0.1, 0.15) is 5.69 Å². The van der Waals surface area contributed by atoms with Crippen molar-refractivity contribution in [3.8, 4) is 11.5 Å². The lowest BCUT2D eigenvalue weighted by atomic mass is 10.2. The van der Waals surface area contributed by atoms with E-state index in [4.69, 9.17) is 9.47 Å². The number of rotatable bonds is 12. The molecule has 0 saturated carbocycles. The Morgan fingerprint density at radius 3 is 2.54 bits per heavy atom. The van der Waals surface area contributed by atoms with Crippen molar-refractivity contribution in [2.45, 2.75) is 18.2 Å². The Kier molecular flexibility index (Phi) is 8.64. The van der Waals surface area contributed by atoms with Crippen LogP contribution in [0.2, 0.25) is 0 Å². The van der Waals surface area contributed by atoms with Gasteiger partial charge in [0, 0.05) is 6.07 Å². The number of nitro groups is 1. The number of carboxylic acids is 1. The van der Waals surface area contributed by atoms with Gasteiger partial charge in [-0.3, -0.25) is 20.3 Å². The number of methoxy groups -OCH3 is 1. The van der Waals surface area contributed by atoms with Crippen LogP contribution in [0.5, 0.6) is 11.5 Å². The maximum absolute atomic E-state index is 12.8. The molecule has 3 aromatic carbocycles. The van der Waals surface area contributed by atoms with Crippen molar-refractivity contribution in [3.05, 3.63) is 81.9 Å². The molecule has 0 aliphatic rings. The van der Waals surface area contributed by atoms with Crippen LogP contribution >= 0.6 is 0 Å². The van der Waals surface area contributed by atoms with Crippen molar-refractivity contribution >= 4 is 39.3 Å². The molecule has 0 aromatic heterocycles. The molecule has 37 heavy (non-hydrogen) atoms. The first kappa shape index (κ1) is 26.9. The zero-order chi connectivity index (χ0) is 27.0. The van der Waals surface area contributed by atoms with Gasteiger partial charge in [0.25, 0.3) is 15.7 Å². The number of hydrogen-bond acceptors (Lipinski definition) is 9. The van der Waals surface area contributed by atoms with Gasteiger partial charge in [0.05, 0.1) is 41.0 Å². The number of para-hydroxylation sites is 1. The van der Waals surface area contributed by atoms with Crippen LogP contribution in [0, 0.1) is 10.1 Å². The van der Waals surface area contributed by atoms with Crippen LogP contribution in [0.1, 0.15) is 29.3 Å². The second-order valence-corrected chi connectivity index (χ2v) is 9.20. The highest BCUT2D eigenvalue weighted by molar-refractivity contribution is 7.92. The highest BCUT2D eigenvalue weighted by Crippen LogP contribution is 2.30. The van der Waals surface area contributed by atoms with Crippen molar-refractivity contribution < 1.29 is 32.7 Å². The van der Waals surface area contributed by atoms with Crippen LogP contribution in [0.25, 0.3) is 0 Å². The molecule has 0 amide bonds. The fraction of sp³-hybridized carbons (Fsp3) is 0.167. The summed E-state index contributed by atoms with van der Waals surface area (Å²) in [6.45, 7) is 2.51. The Labute approximate surface area is 212 Å². The zero-order valence-corrected chi connectivity index (χ0v) is 20.7. The number of nitro benzene ring substituents is 1. The van der Waals surface area contributed by atoms with Gasteiger partial charge in [-0.05, 0) is 54.4 Å². The van der Waals surface area contributed by atoms with Gasteiger partial charge in [-0.15, -0.1) is 0 Å². The van der Waals surface area contributed by atoms with Crippen LogP contribution in [0.3, 0.4) is 0 Å². The number of benzene rings is 3. The molecule has 0 fully saturated rings. The summed E-state index contributed by atoms with van der Waals surface area (Å²) >= 11 is 0. The summed E-state index contributed by atoms with van der Waals surface area (Å²) in [5.74, 6) is -0.265. The minimum absolute atomic E-state index is 0.0546. The van der Waals surface area contributed by atoms with E-state index in [1.54, 1.807) is 18.2 Å². The lowest BCUT2D eigenvalue weighted by Crippen LogP contribution is -2.16. The van der Waals surface area contributed by atoms with Crippen LogP contribution in [-0.4, -0.2) is 44.3 Å². The second-order valence-electron chi connectivity index (χ2n) is 7.52. The fourth-order valence-corrected chi connectivity index (χ4v) is 4.26. The third-order valence-electron chi connectivity index (χ3n) is 4.93. The number of hydrogen-bond donors (Lipinski definition) is 3. The number of carbonyl (C=O) groups is 1. The standard InChI is InChI=1S/C24H24N4O8S/c1-3-12-36-22-11-8-16(13-23(22)35-2)15-25-26-20-10-9-17(14-21(20)28(31)32)37(33,34)27-19-7-5-4-6-18(19)24(29)30/h4-11,13-15,26-27H,3,12H2,1-2H3,(H,29,30). The highest BCUT2D eigenvalue weighted by atomic mass is 32.2. The summed E-state index contributed by atoms with van der Waals surface area (Å²) in [6.07, 6.45) is 2.24. The SMILES string of the molecule is CCCOc1ccc(C=NNc2ccc(S(=O)(=O)Nc3ccccc3C(=O)O)cc2[N+](=O)[O-])cc1OC.